The van der Waals surface area contributed by atoms with Crippen LogP contribution in [0.5, 0.6) is 0 Å². The van der Waals surface area contributed by atoms with E-state index in [1.165, 1.54) is 0 Å². The number of aromatic nitrogens is 1. The van der Waals surface area contributed by atoms with Crippen LogP contribution in [0.4, 0.5) is 0 Å². The van der Waals surface area contributed by atoms with Gasteiger partial charge in [0, 0.05) is 23.4 Å². The number of halogens is 1. The third-order valence-corrected chi connectivity index (χ3v) is 1.79. The summed E-state index contributed by atoms with van der Waals surface area (Å²) in [6, 6.07) is 1.89. The van der Waals surface area contributed by atoms with Crippen molar-refractivity contribution in [3.8, 4) is 0 Å². The third kappa shape index (κ3) is 1.50. The van der Waals surface area contributed by atoms with Gasteiger partial charge in [0.05, 0.1) is 0 Å². The molecule has 0 amide bonds. The van der Waals surface area contributed by atoms with Crippen LogP contribution in [-0.2, 0) is 6.54 Å². The fraction of sp³-hybridized carbons (Fsp3) is 0.167. The molecule has 0 spiro atoms. The van der Waals surface area contributed by atoms with Crippen molar-refractivity contribution in [3.05, 3.63) is 28.5 Å². The second-order valence-corrected chi connectivity index (χ2v) is 2.53. The largest absolute Gasteiger partial charge is 0.326 e. The molecule has 9 heavy (non-hydrogen) atoms. The Balaban J connectivity index is 3.01. The fourth-order valence-corrected chi connectivity index (χ4v) is 0.982. The topological polar surface area (TPSA) is 38.9 Å². The smallest absolute Gasteiger partial charge is 0.0413 e. The highest BCUT2D eigenvalue weighted by atomic mass is 79.9. The third-order valence-electron chi connectivity index (χ3n) is 1.08. The number of hydrogen-bond acceptors (Lipinski definition) is 2. The minimum Gasteiger partial charge on any atom is -0.326 e. The van der Waals surface area contributed by atoms with Crippen LogP contribution in [0.1, 0.15) is 5.56 Å². The molecular formula is C6H7BrN2. The Bertz CT molecular complexity index is 200. The number of hydrogen-bond donors (Lipinski definition) is 1. The lowest BCUT2D eigenvalue weighted by molar-refractivity contribution is 1.05. The lowest BCUT2D eigenvalue weighted by atomic mass is 10.3. The zero-order valence-electron chi connectivity index (χ0n) is 4.84. The van der Waals surface area contributed by atoms with Crippen LogP contribution in [-0.4, -0.2) is 4.98 Å². The Morgan fingerprint density at radius 3 is 2.89 bits per heavy atom. The van der Waals surface area contributed by atoms with Crippen molar-refractivity contribution in [1.29, 1.82) is 0 Å². The first-order valence-electron chi connectivity index (χ1n) is 2.63. The molecule has 0 saturated heterocycles. The van der Waals surface area contributed by atoms with Crippen molar-refractivity contribution in [3.63, 3.8) is 0 Å². The van der Waals surface area contributed by atoms with Gasteiger partial charge < -0.3 is 5.73 Å². The molecule has 1 aromatic rings. The zero-order valence-corrected chi connectivity index (χ0v) is 6.43. The second kappa shape index (κ2) is 2.94. The number of rotatable bonds is 1. The summed E-state index contributed by atoms with van der Waals surface area (Å²) in [4.78, 5) is 3.89. The minimum atomic E-state index is 0.559. The Labute approximate surface area is 62.2 Å². The van der Waals surface area contributed by atoms with E-state index in [-0.39, 0.29) is 0 Å². The van der Waals surface area contributed by atoms with E-state index < -0.39 is 0 Å². The van der Waals surface area contributed by atoms with Gasteiger partial charge in [-0.2, -0.15) is 0 Å². The molecule has 3 heteroatoms. The van der Waals surface area contributed by atoms with Crippen LogP contribution in [0.15, 0.2) is 22.9 Å². The molecule has 0 fully saturated rings. The first-order chi connectivity index (χ1) is 4.34. The van der Waals surface area contributed by atoms with Gasteiger partial charge in [0.25, 0.3) is 0 Å². The van der Waals surface area contributed by atoms with Gasteiger partial charge in [-0.05, 0) is 27.6 Å². The lowest BCUT2D eigenvalue weighted by Gasteiger charge is -1.96. The molecule has 0 aliphatic heterocycles. The van der Waals surface area contributed by atoms with Gasteiger partial charge in [-0.3, -0.25) is 4.98 Å². The minimum absolute atomic E-state index is 0.559. The van der Waals surface area contributed by atoms with E-state index in [1.54, 1.807) is 12.4 Å². The Kier molecular flexibility index (Phi) is 2.19. The van der Waals surface area contributed by atoms with Crippen LogP contribution < -0.4 is 5.73 Å². The molecule has 0 aliphatic rings. The van der Waals surface area contributed by atoms with Crippen LogP contribution in [0, 0.1) is 0 Å². The predicted octanol–water partition coefficient (Wildman–Crippen LogP) is 1.30. The summed E-state index contributed by atoms with van der Waals surface area (Å²) in [6.45, 7) is 0.559. The van der Waals surface area contributed by atoms with E-state index in [9.17, 15) is 0 Å². The van der Waals surface area contributed by atoms with Crippen molar-refractivity contribution in [2.24, 2.45) is 5.73 Å². The molecule has 0 aromatic carbocycles. The highest BCUT2D eigenvalue weighted by molar-refractivity contribution is 9.10. The number of pyridine rings is 1. The van der Waals surface area contributed by atoms with E-state index in [4.69, 9.17) is 5.73 Å². The molecule has 2 N–H and O–H groups in total. The Hall–Kier alpha value is -0.410. The van der Waals surface area contributed by atoms with Crippen LogP contribution >= 0.6 is 15.9 Å². The van der Waals surface area contributed by atoms with Crippen molar-refractivity contribution in [2.45, 2.75) is 6.54 Å². The van der Waals surface area contributed by atoms with Gasteiger partial charge in [-0.15, -0.1) is 0 Å². The maximum absolute atomic E-state index is 5.39. The molecule has 1 aromatic heterocycles. The molecule has 1 heterocycles. The van der Waals surface area contributed by atoms with Gasteiger partial charge in [0.15, 0.2) is 0 Å². The van der Waals surface area contributed by atoms with Gasteiger partial charge in [0.2, 0.25) is 0 Å². The van der Waals surface area contributed by atoms with Crippen molar-refractivity contribution in [1.82, 2.24) is 4.98 Å². The van der Waals surface area contributed by atoms with Crippen molar-refractivity contribution in [2.75, 3.05) is 0 Å². The average molecular weight is 187 g/mol. The molecule has 0 saturated carbocycles. The average Bonchev–Trinajstić information content (AvgIpc) is 1.89. The maximum atomic E-state index is 5.39. The molecule has 2 nitrogen and oxygen atoms in total. The van der Waals surface area contributed by atoms with E-state index in [1.807, 2.05) is 6.07 Å². The highest BCUT2D eigenvalue weighted by Gasteiger charge is 1.92. The first-order valence-corrected chi connectivity index (χ1v) is 3.42. The van der Waals surface area contributed by atoms with Gasteiger partial charge in [0.1, 0.15) is 0 Å². The first kappa shape index (κ1) is 6.71. The molecule has 1 rings (SSSR count). The van der Waals surface area contributed by atoms with E-state index >= 15 is 0 Å². The van der Waals surface area contributed by atoms with Crippen LogP contribution in [0.2, 0.25) is 0 Å². The number of nitrogens with two attached hydrogens (primary N) is 1. The van der Waals surface area contributed by atoms with Gasteiger partial charge >= 0.3 is 0 Å². The lowest BCUT2D eigenvalue weighted by Crippen LogP contribution is -1.96. The molecular weight excluding hydrogens is 180 g/mol. The quantitative estimate of drug-likeness (QED) is 0.719. The summed E-state index contributed by atoms with van der Waals surface area (Å²) in [7, 11) is 0. The highest BCUT2D eigenvalue weighted by Crippen LogP contribution is 2.12. The molecule has 0 bridgehead atoms. The second-order valence-electron chi connectivity index (χ2n) is 1.67. The monoisotopic (exact) mass is 186 g/mol. The summed E-state index contributed by atoms with van der Waals surface area (Å²) >= 11 is 3.31. The van der Waals surface area contributed by atoms with Crippen molar-refractivity contribution < 1.29 is 0 Å². The Morgan fingerprint density at radius 2 is 2.44 bits per heavy atom. The van der Waals surface area contributed by atoms with Crippen LogP contribution in [0.3, 0.4) is 0 Å². The summed E-state index contributed by atoms with van der Waals surface area (Å²) < 4.78 is 0.979. The van der Waals surface area contributed by atoms with Crippen LogP contribution in [0.25, 0.3) is 0 Å². The fourth-order valence-electron chi connectivity index (χ4n) is 0.570. The van der Waals surface area contributed by atoms with Crippen molar-refractivity contribution >= 4 is 15.9 Å². The number of nitrogens with zero attached hydrogens (tertiary/aromatic N) is 1. The Morgan fingerprint density at radius 1 is 1.67 bits per heavy atom. The molecule has 48 valence electrons. The van der Waals surface area contributed by atoms with E-state index in [2.05, 4.69) is 20.9 Å². The van der Waals surface area contributed by atoms with E-state index in [0.29, 0.717) is 6.54 Å². The molecule has 0 radical (unpaired) electrons. The standard InChI is InChI=1S/C6H7BrN2/c7-6-4-9-2-1-5(6)3-8/h1-2,4H,3,8H2. The summed E-state index contributed by atoms with van der Waals surface area (Å²) in [5, 5.41) is 0. The maximum Gasteiger partial charge on any atom is 0.0413 e. The molecule has 0 atom stereocenters. The predicted molar refractivity (Wildman–Crippen MR) is 39.8 cm³/mol. The summed E-state index contributed by atoms with van der Waals surface area (Å²) in [5.74, 6) is 0. The normalized spacial score (nSPS) is 9.56. The summed E-state index contributed by atoms with van der Waals surface area (Å²) in [6.07, 6.45) is 3.47. The van der Waals surface area contributed by atoms with E-state index in [0.717, 1.165) is 10.0 Å². The molecule has 0 unspecified atom stereocenters. The zero-order chi connectivity index (χ0) is 6.69. The summed E-state index contributed by atoms with van der Waals surface area (Å²) in [5.41, 5.74) is 6.48. The SMILES string of the molecule is NCc1ccncc1Br. The van der Waals surface area contributed by atoms with Gasteiger partial charge in [-0.25, -0.2) is 0 Å². The van der Waals surface area contributed by atoms with Gasteiger partial charge in [-0.1, -0.05) is 0 Å². The molecule has 0 aliphatic carbocycles.